The molecule has 0 saturated carbocycles. The maximum atomic E-state index is 12.0. The summed E-state index contributed by atoms with van der Waals surface area (Å²) in [6.45, 7) is 6.48. The fraction of sp³-hybridized carbons (Fsp3) is 0.280. The molecule has 0 unspecified atom stereocenters. The van der Waals surface area contributed by atoms with Crippen LogP contribution in [0, 0.1) is 0 Å². The normalized spacial score (nSPS) is 11.2. The Morgan fingerprint density at radius 1 is 0.971 bits per heavy atom. The Labute approximate surface area is 203 Å². The van der Waals surface area contributed by atoms with Crippen LogP contribution < -0.4 is 10.6 Å². The summed E-state index contributed by atoms with van der Waals surface area (Å²) in [5.74, 6) is 1.15. The molecule has 2 N–H and O–H groups in total. The van der Waals surface area contributed by atoms with Crippen molar-refractivity contribution in [1.29, 1.82) is 0 Å². The smallest absolute Gasteiger partial charge is 0.410 e. The van der Waals surface area contributed by atoms with E-state index in [2.05, 4.69) is 35.6 Å². The first-order valence-corrected chi connectivity index (χ1v) is 11.2. The van der Waals surface area contributed by atoms with Crippen molar-refractivity contribution in [3.63, 3.8) is 0 Å². The Kier molecular flexibility index (Phi) is 7.00. The van der Waals surface area contributed by atoms with Gasteiger partial charge in [0, 0.05) is 62.1 Å². The van der Waals surface area contributed by atoms with Gasteiger partial charge >= 0.3 is 6.09 Å². The largest absolute Gasteiger partial charge is 0.444 e. The third kappa shape index (κ3) is 6.38. The molecule has 0 aliphatic rings. The Balaban J connectivity index is 1.39. The number of carbonyl (C=O) groups is 1. The van der Waals surface area contributed by atoms with Gasteiger partial charge in [-0.15, -0.1) is 0 Å². The van der Waals surface area contributed by atoms with Crippen molar-refractivity contribution >= 4 is 34.4 Å². The average Bonchev–Trinajstić information content (AvgIpc) is 2.84. The molecule has 0 saturated heterocycles. The maximum Gasteiger partial charge on any atom is 0.410 e. The number of likely N-dealkylation sites (N-methyl/N-ethyl adjacent to an activating group) is 1. The number of aromatic nitrogens is 5. The van der Waals surface area contributed by atoms with E-state index in [1.807, 2.05) is 45.0 Å². The van der Waals surface area contributed by atoms with Crippen molar-refractivity contribution < 1.29 is 9.53 Å². The van der Waals surface area contributed by atoms with Crippen LogP contribution in [0.1, 0.15) is 20.8 Å². The minimum Gasteiger partial charge on any atom is -0.444 e. The highest BCUT2D eigenvalue weighted by Gasteiger charge is 2.19. The van der Waals surface area contributed by atoms with Gasteiger partial charge in [-0.2, -0.15) is 0 Å². The summed E-state index contributed by atoms with van der Waals surface area (Å²) in [5.41, 5.74) is 3.04. The van der Waals surface area contributed by atoms with Crippen LogP contribution in [0.5, 0.6) is 0 Å². The molecule has 3 aromatic heterocycles. The van der Waals surface area contributed by atoms with Crippen molar-refractivity contribution in [1.82, 2.24) is 29.8 Å². The van der Waals surface area contributed by atoms with Gasteiger partial charge in [-0.25, -0.2) is 19.7 Å². The van der Waals surface area contributed by atoms with E-state index in [0.29, 0.717) is 24.9 Å². The number of carbonyl (C=O) groups excluding carboxylic acids is 1. The summed E-state index contributed by atoms with van der Waals surface area (Å²) in [6, 6.07) is 7.92. The number of nitrogens with zero attached hydrogens (tertiary/aromatic N) is 6. The van der Waals surface area contributed by atoms with Gasteiger partial charge in [0.1, 0.15) is 11.4 Å². The zero-order valence-electron chi connectivity index (χ0n) is 20.2. The second-order valence-corrected chi connectivity index (χ2v) is 8.93. The number of anilines is 3. The van der Waals surface area contributed by atoms with Gasteiger partial charge < -0.3 is 20.3 Å². The van der Waals surface area contributed by atoms with Gasteiger partial charge in [-0.1, -0.05) is 12.1 Å². The van der Waals surface area contributed by atoms with E-state index in [0.717, 1.165) is 27.7 Å². The van der Waals surface area contributed by atoms with Crippen LogP contribution in [-0.4, -0.2) is 61.7 Å². The van der Waals surface area contributed by atoms with Gasteiger partial charge in [-0.05, 0) is 38.5 Å². The van der Waals surface area contributed by atoms with E-state index >= 15 is 0 Å². The van der Waals surface area contributed by atoms with Crippen LogP contribution in [0.2, 0.25) is 0 Å². The van der Waals surface area contributed by atoms with Gasteiger partial charge in [0.05, 0.1) is 17.4 Å². The maximum absolute atomic E-state index is 12.0. The summed E-state index contributed by atoms with van der Waals surface area (Å²) in [5, 5.41) is 7.38. The molecule has 0 atom stereocenters. The van der Waals surface area contributed by atoms with Crippen molar-refractivity contribution in [3.05, 3.63) is 61.4 Å². The van der Waals surface area contributed by atoms with E-state index in [1.165, 1.54) is 4.90 Å². The van der Waals surface area contributed by atoms with E-state index in [9.17, 15) is 4.79 Å². The molecule has 3 heterocycles. The Morgan fingerprint density at radius 3 is 2.49 bits per heavy atom. The molecule has 0 aliphatic carbocycles. The predicted octanol–water partition coefficient (Wildman–Crippen LogP) is 4.50. The number of amides is 1. The molecule has 0 fully saturated rings. The summed E-state index contributed by atoms with van der Waals surface area (Å²) in [6.07, 6.45) is 9.85. The molecule has 0 bridgehead atoms. The monoisotopic (exact) mass is 472 g/mol. The minimum absolute atomic E-state index is 0.365. The summed E-state index contributed by atoms with van der Waals surface area (Å²) in [7, 11) is 1.70. The number of fused-ring (bicyclic) bond motifs is 1. The molecule has 0 radical (unpaired) electrons. The number of benzene rings is 1. The third-order valence-electron chi connectivity index (χ3n) is 4.99. The molecule has 1 amide bonds. The van der Waals surface area contributed by atoms with E-state index in [-0.39, 0.29) is 6.09 Å². The highest BCUT2D eigenvalue weighted by atomic mass is 16.6. The molecular weight excluding hydrogens is 444 g/mol. The fourth-order valence-corrected chi connectivity index (χ4v) is 3.27. The fourth-order valence-electron chi connectivity index (χ4n) is 3.27. The summed E-state index contributed by atoms with van der Waals surface area (Å²) < 4.78 is 5.35. The van der Waals surface area contributed by atoms with E-state index in [4.69, 9.17) is 4.74 Å². The number of ether oxygens (including phenoxy) is 1. The molecule has 0 spiro atoms. The van der Waals surface area contributed by atoms with Crippen LogP contribution in [-0.2, 0) is 4.74 Å². The molecule has 1 aromatic carbocycles. The second kappa shape index (κ2) is 10.3. The minimum atomic E-state index is -0.523. The Hall–Kier alpha value is -4.34. The molecule has 35 heavy (non-hydrogen) atoms. The first-order valence-electron chi connectivity index (χ1n) is 11.2. The van der Waals surface area contributed by atoms with Crippen molar-refractivity contribution in [2.45, 2.75) is 26.4 Å². The summed E-state index contributed by atoms with van der Waals surface area (Å²) in [4.78, 5) is 35.2. The Bertz CT molecular complexity index is 1290. The average molecular weight is 473 g/mol. The molecule has 4 rings (SSSR count). The van der Waals surface area contributed by atoms with Crippen molar-refractivity contribution in [2.24, 2.45) is 0 Å². The standard InChI is InChI=1S/C25H28N8O2/c1-25(2,3)35-24(34)33(4)12-11-29-23-30-14-18(15-31-23)17-5-6-19-20(7-8-27-21(19)13-17)32-22-16-26-9-10-28-22/h5-10,13-16H,11-12H2,1-4H3,(H,27,28,32)(H,29,30,31). The molecular formula is C25H28N8O2. The van der Waals surface area contributed by atoms with Crippen LogP contribution in [0.4, 0.5) is 22.2 Å². The topological polar surface area (TPSA) is 118 Å². The SMILES string of the molecule is CN(CCNc1ncc(-c2ccc3c(Nc4cnccn4)ccnc3c2)cn1)C(=O)OC(C)(C)C. The first-order chi connectivity index (χ1) is 16.8. The number of hydrogen-bond donors (Lipinski definition) is 2. The van der Waals surface area contributed by atoms with Gasteiger partial charge in [0.25, 0.3) is 0 Å². The van der Waals surface area contributed by atoms with Gasteiger partial charge in [-0.3, -0.25) is 9.97 Å². The van der Waals surface area contributed by atoms with Crippen LogP contribution >= 0.6 is 0 Å². The molecule has 4 aromatic rings. The highest BCUT2D eigenvalue weighted by Crippen LogP contribution is 2.28. The third-order valence-corrected chi connectivity index (χ3v) is 4.99. The van der Waals surface area contributed by atoms with E-state index < -0.39 is 5.60 Å². The van der Waals surface area contributed by atoms with E-state index in [1.54, 1.807) is 44.2 Å². The molecule has 180 valence electrons. The lowest BCUT2D eigenvalue weighted by molar-refractivity contribution is 0.0305. The zero-order chi connectivity index (χ0) is 24.8. The zero-order valence-corrected chi connectivity index (χ0v) is 20.2. The lowest BCUT2D eigenvalue weighted by Gasteiger charge is -2.24. The number of pyridine rings is 1. The van der Waals surface area contributed by atoms with Crippen LogP contribution in [0.3, 0.4) is 0 Å². The lowest BCUT2D eigenvalue weighted by Crippen LogP contribution is -2.36. The first kappa shape index (κ1) is 23.8. The number of hydrogen-bond acceptors (Lipinski definition) is 9. The molecule has 0 aliphatic heterocycles. The lowest BCUT2D eigenvalue weighted by atomic mass is 10.1. The molecule has 10 heteroatoms. The molecule has 10 nitrogen and oxygen atoms in total. The Morgan fingerprint density at radius 2 is 1.77 bits per heavy atom. The number of nitrogens with one attached hydrogen (secondary N) is 2. The van der Waals surface area contributed by atoms with Crippen molar-refractivity contribution in [3.8, 4) is 11.1 Å². The summed E-state index contributed by atoms with van der Waals surface area (Å²) >= 11 is 0. The highest BCUT2D eigenvalue weighted by molar-refractivity contribution is 5.94. The quantitative estimate of drug-likeness (QED) is 0.401. The second-order valence-electron chi connectivity index (χ2n) is 8.93. The number of rotatable bonds is 7. The van der Waals surface area contributed by atoms with Gasteiger partial charge in [0.2, 0.25) is 5.95 Å². The van der Waals surface area contributed by atoms with Crippen molar-refractivity contribution in [2.75, 3.05) is 30.8 Å². The van der Waals surface area contributed by atoms with Crippen LogP contribution in [0.25, 0.3) is 22.0 Å². The van der Waals surface area contributed by atoms with Gasteiger partial charge in [0.15, 0.2) is 0 Å². The predicted molar refractivity (Wildman–Crippen MR) is 135 cm³/mol. The van der Waals surface area contributed by atoms with Crippen LogP contribution in [0.15, 0.2) is 61.4 Å².